The van der Waals surface area contributed by atoms with Crippen molar-refractivity contribution >= 4 is 75.8 Å². The quantitative estimate of drug-likeness (QED) is 0.170. The maximum Gasteiger partial charge on any atom is 0.164 e. The molecule has 2 heterocycles. The number of nitrogens with zero attached hydrogens (tertiary/aromatic N) is 3. The van der Waals surface area contributed by atoms with E-state index in [2.05, 4.69) is 188 Å². The van der Waals surface area contributed by atoms with Gasteiger partial charge in [0, 0.05) is 33.0 Å². The fraction of sp³-hybridized carbons (Fsp3) is 0. The topological polar surface area (TPSA) is 51.8 Å². The molecular formula is C53H31N3O. The summed E-state index contributed by atoms with van der Waals surface area (Å²) in [5.41, 5.74) is 6.62. The SMILES string of the molecule is c1ccc2cc(-c3nc(-c4ccc5ccccc5c4)nc(-c4ccc5c(c4)oc4c(-c6cc7ccccc7c7ccccc67)c6ccccc6cc45)n3)ccc2c1. The zero-order valence-electron chi connectivity index (χ0n) is 30.6. The van der Waals surface area contributed by atoms with Crippen LogP contribution in [0.5, 0.6) is 0 Å². The molecule has 57 heavy (non-hydrogen) atoms. The molecule has 0 N–H and O–H groups in total. The summed E-state index contributed by atoms with van der Waals surface area (Å²) < 4.78 is 7.02. The van der Waals surface area contributed by atoms with Crippen molar-refractivity contribution in [2.24, 2.45) is 0 Å². The van der Waals surface area contributed by atoms with Crippen LogP contribution in [0.3, 0.4) is 0 Å². The van der Waals surface area contributed by atoms with Crippen molar-refractivity contribution in [2.75, 3.05) is 0 Å². The van der Waals surface area contributed by atoms with E-state index in [1.165, 1.54) is 37.7 Å². The summed E-state index contributed by atoms with van der Waals surface area (Å²) in [4.78, 5) is 15.4. The Morgan fingerprint density at radius 3 is 1.40 bits per heavy atom. The molecule has 12 rings (SSSR count). The average Bonchev–Trinajstić information content (AvgIpc) is 3.64. The Kier molecular flexibility index (Phi) is 6.89. The van der Waals surface area contributed by atoms with Crippen molar-refractivity contribution in [3.8, 4) is 45.3 Å². The van der Waals surface area contributed by atoms with Crippen LogP contribution in [0, 0.1) is 0 Å². The smallest absolute Gasteiger partial charge is 0.164 e. The van der Waals surface area contributed by atoms with Gasteiger partial charge in [0.2, 0.25) is 0 Å². The first kappa shape index (κ1) is 31.6. The van der Waals surface area contributed by atoms with Gasteiger partial charge in [0.15, 0.2) is 17.5 Å². The second-order valence-corrected chi connectivity index (χ2v) is 14.8. The van der Waals surface area contributed by atoms with Crippen molar-refractivity contribution in [3.05, 3.63) is 188 Å². The van der Waals surface area contributed by atoms with Gasteiger partial charge in [-0.2, -0.15) is 0 Å². The van der Waals surface area contributed by atoms with Crippen molar-refractivity contribution in [1.82, 2.24) is 15.0 Å². The fourth-order valence-corrected chi connectivity index (χ4v) is 8.66. The number of rotatable bonds is 4. The largest absolute Gasteiger partial charge is 0.455 e. The van der Waals surface area contributed by atoms with Crippen LogP contribution in [-0.4, -0.2) is 15.0 Å². The van der Waals surface area contributed by atoms with E-state index in [0.29, 0.717) is 17.5 Å². The van der Waals surface area contributed by atoms with Crippen LogP contribution in [0.15, 0.2) is 192 Å². The van der Waals surface area contributed by atoms with E-state index in [1.807, 2.05) is 0 Å². The molecule has 12 aromatic rings. The van der Waals surface area contributed by atoms with Gasteiger partial charge in [-0.1, -0.05) is 152 Å². The second-order valence-electron chi connectivity index (χ2n) is 14.8. The van der Waals surface area contributed by atoms with E-state index in [4.69, 9.17) is 19.4 Å². The first-order valence-electron chi connectivity index (χ1n) is 19.3. The molecule has 0 saturated carbocycles. The van der Waals surface area contributed by atoms with E-state index < -0.39 is 0 Å². The van der Waals surface area contributed by atoms with Gasteiger partial charge in [-0.25, -0.2) is 15.0 Å². The summed E-state index contributed by atoms with van der Waals surface area (Å²) in [5, 5.41) is 13.9. The van der Waals surface area contributed by atoms with E-state index in [9.17, 15) is 0 Å². The lowest BCUT2D eigenvalue weighted by atomic mass is 9.89. The summed E-state index contributed by atoms with van der Waals surface area (Å²) in [5.74, 6) is 1.83. The molecule has 0 aliphatic heterocycles. The van der Waals surface area contributed by atoms with Crippen LogP contribution in [0.2, 0.25) is 0 Å². The number of hydrogen-bond acceptors (Lipinski definition) is 4. The third-order valence-electron chi connectivity index (χ3n) is 11.4. The average molecular weight is 726 g/mol. The molecule has 264 valence electrons. The van der Waals surface area contributed by atoms with Gasteiger partial charge in [-0.3, -0.25) is 0 Å². The maximum absolute atomic E-state index is 7.02. The number of aromatic nitrogens is 3. The first-order valence-corrected chi connectivity index (χ1v) is 19.3. The van der Waals surface area contributed by atoms with Crippen molar-refractivity contribution in [2.45, 2.75) is 0 Å². The number of furan rings is 1. The summed E-state index contributed by atoms with van der Waals surface area (Å²) in [7, 11) is 0. The number of hydrogen-bond donors (Lipinski definition) is 0. The zero-order chi connectivity index (χ0) is 37.5. The molecule has 0 fully saturated rings. The molecule has 4 nitrogen and oxygen atoms in total. The maximum atomic E-state index is 7.02. The standard InChI is InChI=1S/C53H31N3O/c1-3-13-34-27-38(23-21-32(34)11-1)51-54-52(39-24-22-33-12-2-4-14-35(33)28-39)56-53(55-51)40-25-26-45-47-30-37-16-6-8-18-42(37)49(50(47)57-48(45)31-40)46-29-36-15-5-7-17-41(36)43-19-9-10-20-44(43)46/h1-31H. The summed E-state index contributed by atoms with van der Waals surface area (Å²) in [6, 6.07) is 66.4. The van der Waals surface area contributed by atoms with Crippen molar-refractivity contribution < 1.29 is 4.42 Å². The molecule has 0 radical (unpaired) electrons. The Morgan fingerprint density at radius 1 is 0.298 bits per heavy atom. The van der Waals surface area contributed by atoms with E-state index in [1.54, 1.807) is 0 Å². The predicted molar refractivity (Wildman–Crippen MR) is 236 cm³/mol. The molecule has 0 spiro atoms. The number of fused-ring (bicyclic) bond motifs is 9. The van der Waals surface area contributed by atoms with Gasteiger partial charge in [-0.05, 0) is 95.8 Å². The summed E-state index contributed by atoms with van der Waals surface area (Å²) in [6.45, 7) is 0. The van der Waals surface area contributed by atoms with E-state index in [0.717, 1.165) is 65.9 Å². The molecule has 10 aromatic carbocycles. The Bertz CT molecular complexity index is 3500. The third-order valence-corrected chi connectivity index (χ3v) is 11.4. The van der Waals surface area contributed by atoms with Crippen LogP contribution in [0.4, 0.5) is 0 Å². The highest BCUT2D eigenvalue weighted by atomic mass is 16.3. The van der Waals surface area contributed by atoms with Crippen LogP contribution >= 0.6 is 0 Å². The fourth-order valence-electron chi connectivity index (χ4n) is 8.66. The highest BCUT2D eigenvalue weighted by Crippen LogP contribution is 2.45. The minimum atomic E-state index is 0.588. The second kappa shape index (κ2) is 12.4. The molecule has 0 unspecified atom stereocenters. The lowest BCUT2D eigenvalue weighted by molar-refractivity contribution is 0.670. The minimum absolute atomic E-state index is 0.588. The van der Waals surface area contributed by atoms with Crippen molar-refractivity contribution in [3.63, 3.8) is 0 Å². The van der Waals surface area contributed by atoms with Crippen LogP contribution in [0.1, 0.15) is 0 Å². The van der Waals surface area contributed by atoms with Gasteiger partial charge in [0.1, 0.15) is 11.2 Å². The third kappa shape index (κ3) is 5.12. The number of benzene rings is 10. The summed E-state index contributed by atoms with van der Waals surface area (Å²) in [6.07, 6.45) is 0. The van der Waals surface area contributed by atoms with Crippen LogP contribution in [0.25, 0.3) is 121 Å². The minimum Gasteiger partial charge on any atom is -0.455 e. The molecule has 0 bridgehead atoms. The monoisotopic (exact) mass is 725 g/mol. The Morgan fingerprint density at radius 2 is 0.772 bits per heavy atom. The normalized spacial score (nSPS) is 11.9. The predicted octanol–water partition coefficient (Wildman–Crippen LogP) is 14.2. The van der Waals surface area contributed by atoms with E-state index in [-0.39, 0.29) is 0 Å². The molecule has 2 aromatic heterocycles. The van der Waals surface area contributed by atoms with Crippen LogP contribution < -0.4 is 0 Å². The summed E-state index contributed by atoms with van der Waals surface area (Å²) >= 11 is 0. The molecule has 0 aliphatic carbocycles. The van der Waals surface area contributed by atoms with Gasteiger partial charge >= 0.3 is 0 Å². The molecule has 4 heteroatoms. The lowest BCUT2D eigenvalue weighted by Gasteiger charge is -2.14. The Labute approximate surface area is 327 Å². The van der Waals surface area contributed by atoms with Gasteiger partial charge < -0.3 is 4.42 Å². The first-order chi connectivity index (χ1) is 28.2. The van der Waals surface area contributed by atoms with Gasteiger partial charge in [0.25, 0.3) is 0 Å². The van der Waals surface area contributed by atoms with E-state index >= 15 is 0 Å². The Balaban J connectivity index is 1.09. The van der Waals surface area contributed by atoms with Crippen molar-refractivity contribution in [1.29, 1.82) is 0 Å². The van der Waals surface area contributed by atoms with Gasteiger partial charge in [0.05, 0.1) is 0 Å². The lowest BCUT2D eigenvalue weighted by Crippen LogP contribution is -2.00. The van der Waals surface area contributed by atoms with Gasteiger partial charge in [-0.15, -0.1) is 0 Å². The zero-order valence-corrected chi connectivity index (χ0v) is 30.6. The molecule has 0 amide bonds. The Hall–Kier alpha value is -7.69. The molecule has 0 aliphatic rings. The molecular weight excluding hydrogens is 695 g/mol. The molecule has 0 saturated heterocycles. The molecule has 0 atom stereocenters. The van der Waals surface area contributed by atoms with Crippen LogP contribution in [-0.2, 0) is 0 Å². The highest BCUT2D eigenvalue weighted by Gasteiger charge is 2.21. The highest BCUT2D eigenvalue weighted by molar-refractivity contribution is 6.23.